The van der Waals surface area contributed by atoms with E-state index in [1.807, 2.05) is 50.4 Å². The van der Waals surface area contributed by atoms with E-state index in [4.69, 9.17) is 14.9 Å². The summed E-state index contributed by atoms with van der Waals surface area (Å²) in [4.78, 5) is 9.71. The molecule has 9 nitrogen and oxygen atoms in total. The van der Waals surface area contributed by atoms with Gasteiger partial charge in [-0.2, -0.15) is 10.1 Å². The highest BCUT2D eigenvalue weighted by atomic mass is 32.2. The maximum absolute atomic E-state index is 12.1. The number of benzene rings is 2. The van der Waals surface area contributed by atoms with Crippen LogP contribution in [0.15, 0.2) is 65.8 Å². The zero-order valence-electron chi connectivity index (χ0n) is 20.5. The normalized spacial score (nSPS) is 12.6. The molecule has 10 heteroatoms. The van der Waals surface area contributed by atoms with Crippen LogP contribution in [0, 0.1) is 6.92 Å². The maximum atomic E-state index is 12.1. The molecule has 1 unspecified atom stereocenters. The van der Waals surface area contributed by atoms with E-state index in [2.05, 4.69) is 31.7 Å². The van der Waals surface area contributed by atoms with Gasteiger partial charge >= 0.3 is 0 Å². The van der Waals surface area contributed by atoms with Crippen molar-refractivity contribution in [2.24, 2.45) is 5.14 Å². The molecular formula is C26H31N7O2S. The van der Waals surface area contributed by atoms with Crippen LogP contribution < -0.4 is 20.5 Å². The molecule has 36 heavy (non-hydrogen) atoms. The molecule has 2 aromatic heterocycles. The molecule has 5 N–H and O–H groups in total. The molecule has 2 aromatic carbocycles. The number of aryl methyl sites for hydroxylation is 2. The smallest absolute Gasteiger partial charge is 0.229 e. The van der Waals surface area contributed by atoms with Gasteiger partial charge in [0.15, 0.2) is 0 Å². The Kier molecular flexibility index (Phi) is 7.87. The van der Waals surface area contributed by atoms with Gasteiger partial charge in [0.05, 0.1) is 22.5 Å². The first-order chi connectivity index (χ1) is 17.3. The number of hydrogen-bond acceptors (Lipinski definition) is 7. The average Bonchev–Trinajstić information content (AvgIpc) is 3.27. The molecule has 0 saturated carbocycles. The molecule has 0 aliphatic carbocycles. The summed E-state index contributed by atoms with van der Waals surface area (Å²) < 4.78 is 17.7. The van der Waals surface area contributed by atoms with Crippen LogP contribution in [0.5, 0.6) is 5.75 Å². The topological polar surface area (TPSA) is 131 Å². The summed E-state index contributed by atoms with van der Waals surface area (Å²) in [6.45, 7) is 5.31. The Morgan fingerprint density at radius 2 is 1.97 bits per heavy atom. The lowest BCUT2D eigenvalue weighted by Crippen LogP contribution is -2.12. The fourth-order valence-corrected chi connectivity index (χ4v) is 4.35. The van der Waals surface area contributed by atoms with Gasteiger partial charge in [-0.05, 0) is 74.0 Å². The van der Waals surface area contributed by atoms with Crippen LogP contribution in [0.4, 0.5) is 17.5 Å². The molecule has 0 aliphatic heterocycles. The molecule has 0 aliphatic rings. The van der Waals surface area contributed by atoms with Crippen molar-refractivity contribution in [2.45, 2.75) is 31.6 Å². The quantitative estimate of drug-likeness (QED) is 0.176. The number of aromatic nitrogens is 4. The lowest BCUT2D eigenvalue weighted by Gasteiger charge is -2.14. The zero-order valence-corrected chi connectivity index (χ0v) is 21.3. The minimum Gasteiger partial charge on any atom is -0.494 e. The van der Waals surface area contributed by atoms with Gasteiger partial charge < -0.3 is 15.4 Å². The van der Waals surface area contributed by atoms with E-state index in [0.717, 1.165) is 42.0 Å². The lowest BCUT2D eigenvalue weighted by molar-refractivity contribution is 0.340. The van der Waals surface area contributed by atoms with Crippen molar-refractivity contribution in [1.29, 1.82) is 0 Å². The number of hydrogen-bond donors (Lipinski definition) is 4. The number of rotatable bonds is 11. The summed E-state index contributed by atoms with van der Waals surface area (Å²) in [7, 11) is -2.82. The molecule has 0 fully saturated rings. The van der Waals surface area contributed by atoms with Gasteiger partial charge in [0.2, 0.25) is 5.95 Å². The zero-order chi connectivity index (χ0) is 25.5. The highest BCUT2D eigenvalue weighted by Crippen LogP contribution is 2.29. The fraction of sp³-hybridized carbons (Fsp3) is 0.231. The van der Waals surface area contributed by atoms with Gasteiger partial charge in [-0.15, -0.1) is 0 Å². The number of aromatic amines is 1. The molecule has 4 rings (SSSR count). The summed E-state index contributed by atoms with van der Waals surface area (Å²) in [6.07, 6.45) is 5.46. The first-order valence-electron chi connectivity index (χ1n) is 11.7. The van der Waals surface area contributed by atoms with Gasteiger partial charge in [0, 0.05) is 34.6 Å². The van der Waals surface area contributed by atoms with Crippen LogP contribution in [-0.4, -0.2) is 43.4 Å². The number of nitrogens with one attached hydrogen (secondary N) is 3. The molecule has 0 saturated heterocycles. The van der Waals surface area contributed by atoms with E-state index >= 15 is 0 Å². The largest absolute Gasteiger partial charge is 0.494 e. The monoisotopic (exact) mass is 505 g/mol. The Morgan fingerprint density at radius 3 is 2.67 bits per heavy atom. The van der Waals surface area contributed by atoms with E-state index in [1.54, 1.807) is 24.4 Å². The number of H-pyrrole nitrogens is 1. The molecule has 1 atom stereocenters. The van der Waals surface area contributed by atoms with E-state index in [0.29, 0.717) is 29.0 Å². The summed E-state index contributed by atoms with van der Waals surface area (Å²) in [6, 6.07) is 14.8. The third-order valence-corrected chi connectivity index (χ3v) is 6.66. The number of nitrogens with two attached hydrogens (primary N) is 1. The predicted molar refractivity (Wildman–Crippen MR) is 146 cm³/mol. The minimum atomic E-state index is -2.82. The molecular weight excluding hydrogens is 474 g/mol. The van der Waals surface area contributed by atoms with Crippen LogP contribution in [0.2, 0.25) is 0 Å². The summed E-state index contributed by atoms with van der Waals surface area (Å²) >= 11 is 0. The SMILES string of the molecule is C=S(N)(=O)c1cccc(Nc2ncc(-c3ccc(OCC)cc3)c(NCCCc3cn[nH]c3C)n2)c1. The van der Waals surface area contributed by atoms with Crippen molar-refractivity contribution < 1.29 is 8.95 Å². The van der Waals surface area contributed by atoms with Crippen LogP contribution in [0.25, 0.3) is 11.1 Å². The maximum Gasteiger partial charge on any atom is 0.229 e. The van der Waals surface area contributed by atoms with Gasteiger partial charge in [-0.3, -0.25) is 10.2 Å². The number of nitrogens with zero attached hydrogens (tertiary/aromatic N) is 3. The summed E-state index contributed by atoms with van der Waals surface area (Å²) in [5, 5.41) is 19.4. The standard InChI is InChI=1S/C26H31N7O2S/c1-4-35-22-12-10-19(11-13-22)24-17-29-26(31-21-8-5-9-23(15-21)36(3,27)34)32-25(24)28-14-6-7-20-16-30-33-18(20)2/h5,8-13,15-17H,3-4,6-7,14H2,1-2H3,(H2,27,34)(H,30,33)(H2,28,29,31,32). The van der Waals surface area contributed by atoms with Crippen LogP contribution >= 0.6 is 0 Å². The first kappa shape index (κ1) is 25.2. The highest BCUT2D eigenvalue weighted by molar-refractivity contribution is 7.98. The van der Waals surface area contributed by atoms with Gasteiger partial charge in [-0.25, -0.2) is 9.19 Å². The summed E-state index contributed by atoms with van der Waals surface area (Å²) in [5.74, 6) is 5.48. The number of anilines is 3. The predicted octanol–water partition coefficient (Wildman–Crippen LogP) is 4.31. The lowest BCUT2D eigenvalue weighted by atomic mass is 10.1. The molecule has 0 amide bonds. The van der Waals surface area contributed by atoms with Crippen molar-refractivity contribution in [2.75, 3.05) is 23.8 Å². The van der Waals surface area contributed by atoms with Crippen molar-refractivity contribution in [1.82, 2.24) is 20.2 Å². The fourth-order valence-electron chi connectivity index (χ4n) is 3.72. The van der Waals surface area contributed by atoms with Crippen LogP contribution in [0.3, 0.4) is 0 Å². The van der Waals surface area contributed by atoms with Crippen molar-refractivity contribution in [3.8, 4) is 16.9 Å². The Hall–Kier alpha value is -3.89. The van der Waals surface area contributed by atoms with E-state index in [1.165, 1.54) is 5.56 Å². The van der Waals surface area contributed by atoms with Crippen molar-refractivity contribution in [3.63, 3.8) is 0 Å². The minimum absolute atomic E-state index is 0.405. The average molecular weight is 506 g/mol. The van der Waals surface area contributed by atoms with E-state index < -0.39 is 9.71 Å². The second-order valence-electron chi connectivity index (χ2n) is 8.34. The van der Waals surface area contributed by atoms with Crippen molar-refractivity contribution in [3.05, 3.63) is 72.2 Å². The third-order valence-electron chi connectivity index (χ3n) is 5.60. The second kappa shape index (κ2) is 11.2. The Labute approximate surface area is 211 Å². The second-order valence-corrected chi connectivity index (χ2v) is 10.3. The molecule has 4 aromatic rings. The summed E-state index contributed by atoms with van der Waals surface area (Å²) in [5.41, 5.74) is 4.81. The van der Waals surface area contributed by atoms with E-state index in [9.17, 15) is 4.21 Å². The number of ether oxygens (including phenoxy) is 1. The third kappa shape index (κ3) is 6.41. The highest BCUT2D eigenvalue weighted by Gasteiger charge is 2.11. The van der Waals surface area contributed by atoms with Crippen LogP contribution in [0.1, 0.15) is 24.6 Å². The molecule has 0 bridgehead atoms. The van der Waals surface area contributed by atoms with Crippen molar-refractivity contribution >= 4 is 33.0 Å². The van der Waals surface area contributed by atoms with Crippen LogP contribution in [-0.2, 0) is 16.1 Å². The first-order valence-corrected chi connectivity index (χ1v) is 13.5. The molecule has 0 radical (unpaired) electrons. The van der Waals surface area contributed by atoms with Gasteiger partial charge in [0.1, 0.15) is 11.6 Å². The van der Waals surface area contributed by atoms with Gasteiger partial charge in [0.25, 0.3) is 0 Å². The van der Waals surface area contributed by atoms with E-state index in [-0.39, 0.29) is 0 Å². The Balaban J connectivity index is 1.57. The molecule has 188 valence electrons. The Morgan fingerprint density at radius 1 is 1.17 bits per heavy atom. The molecule has 2 heterocycles. The van der Waals surface area contributed by atoms with Gasteiger partial charge in [-0.1, -0.05) is 18.2 Å². The molecule has 0 spiro atoms. The Bertz CT molecular complexity index is 1420.